The maximum Gasteiger partial charge on any atom is 0.433 e. The zero-order chi connectivity index (χ0) is 26.4. The van der Waals surface area contributed by atoms with Crippen LogP contribution in [0.25, 0.3) is 0 Å². The SMILES string of the molecule is O=C1CCC(N2Cc3cc(C(=O)N[C@H](c4cccc(C(F)(F)F)n4)C(F)(F)F)ccc3C2=O)C(=O)N1. The van der Waals surface area contributed by atoms with Crippen LogP contribution < -0.4 is 10.6 Å². The molecule has 4 rings (SSSR count). The highest BCUT2D eigenvalue weighted by Gasteiger charge is 2.45. The van der Waals surface area contributed by atoms with E-state index in [1.54, 1.807) is 5.32 Å². The topological polar surface area (TPSA) is 108 Å². The van der Waals surface area contributed by atoms with Gasteiger partial charge in [-0.2, -0.15) is 26.3 Å². The first kappa shape index (κ1) is 25.1. The van der Waals surface area contributed by atoms with Crippen molar-refractivity contribution in [2.45, 2.75) is 43.8 Å². The first-order valence-corrected chi connectivity index (χ1v) is 10.4. The third-order valence-electron chi connectivity index (χ3n) is 5.75. The molecule has 3 heterocycles. The van der Waals surface area contributed by atoms with Crippen molar-refractivity contribution >= 4 is 23.6 Å². The predicted octanol–water partition coefficient (Wildman–Crippen LogP) is 2.89. The van der Waals surface area contributed by atoms with E-state index in [0.717, 1.165) is 12.1 Å². The summed E-state index contributed by atoms with van der Waals surface area (Å²) < 4.78 is 79.7. The molecule has 0 radical (unpaired) electrons. The molecule has 4 amide bonds. The summed E-state index contributed by atoms with van der Waals surface area (Å²) in [5, 5.41) is 3.79. The van der Waals surface area contributed by atoms with Gasteiger partial charge in [0.1, 0.15) is 11.7 Å². The van der Waals surface area contributed by atoms with E-state index >= 15 is 0 Å². The van der Waals surface area contributed by atoms with Gasteiger partial charge in [-0.3, -0.25) is 24.5 Å². The minimum absolute atomic E-state index is 0.0204. The van der Waals surface area contributed by atoms with Gasteiger partial charge in [0.25, 0.3) is 11.8 Å². The van der Waals surface area contributed by atoms with Crippen LogP contribution in [0.1, 0.15) is 56.6 Å². The summed E-state index contributed by atoms with van der Waals surface area (Å²) in [7, 11) is 0. The molecule has 0 aliphatic carbocycles. The molecular formula is C22H16F6N4O4. The molecule has 1 saturated heterocycles. The number of pyridine rings is 1. The van der Waals surface area contributed by atoms with Gasteiger partial charge in [-0.05, 0) is 42.3 Å². The number of imide groups is 1. The van der Waals surface area contributed by atoms with Crippen LogP contribution in [0.15, 0.2) is 36.4 Å². The fraction of sp³-hybridized carbons (Fsp3) is 0.318. The van der Waals surface area contributed by atoms with Gasteiger partial charge < -0.3 is 10.2 Å². The third kappa shape index (κ3) is 4.88. The minimum Gasteiger partial charge on any atom is -0.335 e. The second-order valence-electron chi connectivity index (χ2n) is 8.17. The van der Waals surface area contributed by atoms with Gasteiger partial charge in [0.05, 0.1) is 5.69 Å². The Morgan fingerprint density at radius 1 is 1.08 bits per heavy atom. The summed E-state index contributed by atoms with van der Waals surface area (Å²) in [5.74, 6) is -2.94. The van der Waals surface area contributed by atoms with E-state index in [1.165, 1.54) is 17.0 Å². The standard InChI is InChI=1S/C22H16F6N4O4/c23-21(24,25)15-3-1-2-13(29-15)17(22(26,27)28)31-18(34)10-4-5-12-11(8-10)9-32(20(12)36)14-6-7-16(33)30-19(14)35/h1-5,8,14,17H,6-7,9H2,(H,31,34)(H,30,33,35)/t14?,17-/m1/s1. The van der Waals surface area contributed by atoms with Gasteiger partial charge in [-0.1, -0.05) is 6.07 Å². The molecule has 1 aromatic carbocycles. The van der Waals surface area contributed by atoms with Crippen molar-refractivity contribution in [2.24, 2.45) is 0 Å². The smallest absolute Gasteiger partial charge is 0.335 e. The molecule has 8 nitrogen and oxygen atoms in total. The monoisotopic (exact) mass is 514 g/mol. The lowest BCUT2D eigenvalue weighted by atomic mass is 10.0. The molecule has 2 N–H and O–H groups in total. The van der Waals surface area contributed by atoms with Crippen LogP contribution in [0, 0.1) is 0 Å². The third-order valence-corrected chi connectivity index (χ3v) is 5.75. The molecule has 0 saturated carbocycles. The molecular weight excluding hydrogens is 498 g/mol. The number of hydrogen-bond donors (Lipinski definition) is 2. The number of aromatic nitrogens is 1. The number of benzene rings is 1. The van der Waals surface area contributed by atoms with Crippen LogP contribution in [0.5, 0.6) is 0 Å². The lowest BCUT2D eigenvalue weighted by Gasteiger charge is -2.29. The van der Waals surface area contributed by atoms with E-state index in [4.69, 9.17) is 0 Å². The normalized spacial score (nSPS) is 19.1. The van der Waals surface area contributed by atoms with E-state index in [1.807, 2.05) is 0 Å². The Kier molecular flexibility index (Phi) is 6.22. The molecule has 2 aliphatic heterocycles. The van der Waals surface area contributed by atoms with E-state index in [-0.39, 0.29) is 36.1 Å². The van der Waals surface area contributed by atoms with Crippen LogP contribution in [-0.4, -0.2) is 45.7 Å². The zero-order valence-corrected chi connectivity index (χ0v) is 18.0. The Bertz CT molecular complexity index is 1260. The number of halogens is 6. The van der Waals surface area contributed by atoms with E-state index < -0.39 is 59.5 Å². The quantitative estimate of drug-likeness (QED) is 0.482. The van der Waals surface area contributed by atoms with Crippen molar-refractivity contribution in [3.63, 3.8) is 0 Å². The van der Waals surface area contributed by atoms with Crippen molar-refractivity contribution in [1.82, 2.24) is 20.5 Å². The summed E-state index contributed by atoms with van der Waals surface area (Å²) in [6, 6.07) is 1.68. The first-order valence-electron chi connectivity index (χ1n) is 10.4. The largest absolute Gasteiger partial charge is 0.433 e. The molecule has 1 unspecified atom stereocenters. The Hall–Kier alpha value is -3.97. The number of fused-ring (bicyclic) bond motifs is 1. The van der Waals surface area contributed by atoms with Crippen molar-refractivity contribution in [2.75, 3.05) is 0 Å². The summed E-state index contributed by atoms with van der Waals surface area (Å²) in [6.07, 6.45) is -10.0. The number of piperidine rings is 1. The van der Waals surface area contributed by atoms with Gasteiger partial charge in [0, 0.05) is 24.1 Å². The van der Waals surface area contributed by atoms with Gasteiger partial charge in [0.15, 0.2) is 6.04 Å². The van der Waals surface area contributed by atoms with Gasteiger partial charge in [0.2, 0.25) is 11.8 Å². The predicted molar refractivity (Wildman–Crippen MR) is 108 cm³/mol. The maximum atomic E-state index is 13.7. The Morgan fingerprint density at radius 2 is 1.81 bits per heavy atom. The zero-order valence-electron chi connectivity index (χ0n) is 18.0. The summed E-state index contributed by atoms with van der Waals surface area (Å²) in [6.45, 7) is -0.126. The lowest BCUT2D eigenvalue weighted by molar-refractivity contribution is -0.157. The van der Waals surface area contributed by atoms with E-state index in [2.05, 4.69) is 10.3 Å². The van der Waals surface area contributed by atoms with E-state index in [9.17, 15) is 45.5 Å². The van der Waals surface area contributed by atoms with Crippen molar-refractivity contribution in [3.8, 4) is 0 Å². The Morgan fingerprint density at radius 3 is 2.44 bits per heavy atom. The van der Waals surface area contributed by atoms with Crippen LogP contribution in [0.4, 0.5) is 26.3 Å². The molecule has 36 heavy (non-hydrogen) atoms. The number of alkyl halides is 6. The minimum atomic E-state index is -5.16. The molecule has 2 aliphatic rings. The number of nitrogens with zero attached hydrogens (tertiary/aromatic N) is 2. The average molecular weight is 514 g/mol. The number of carbonyl (C=O) groups excluding carboxylic acids is 4. The molecule has 2 aromatic rings. The molecule has 1 fully saturated rings. The van der Waals surface area contributed by atoms with Crippen LogP contribution in [0.3, 0.4) is 0 Å². The lowest BCUT2D eigenvalue weighted by Crippen LogP contribution is -2.52. The maximum absolute atomic E-state index is 13.7. The number of rotatable bonds is 4. The Labute approximate surface area is 198 Å². The van der Waals surface area contributed by atoms with E-state index in [0.29, 0.717) is 12.1 Å². The molecule has 0 spiro atoms. The fourth-order valence-corrected chi connectivity index (χ4v) is 4.02. The second kappa shape index (κ2) is 8.91. The molecule has 0 bridgehead atoms. The molecule has 190 valence electrons. The van der Waals surface area contributed by atoms with Crippen molar-refractivity contribution in [1.29, 1.82) is 0 Å². The summed E-state index contributed by atoms with van der Waals surface area (Å²) in [4.78, 5) is 53.1. The summed E-state index contributed by atoms with van der Waals surface area (Å²) in [5.41, 5.74) is -2.49. The summed E-state index contributed by atoms with van der Waals surface area (Å²) >= 11 is 0. The van der Waals surface area contributed by atoms with Gasteiger partial charge in [-0.15, -0.1) is 0 Å². The Balaban J connectivity index is 1.56. The number of hydrogen-bond acceptors (Lipinski definition) is 5. The number of carbonyl (C=O) groups is 4. The fourth-order valence-electron chi connectivity index (χ4n) is 4.02. The van der Waals surface area contributed by atoms with Crippen molar-refractivity contribution < 1.29 is 45.5 Å². The molecule has 14 heteroatoms. The van der Waals surface area contributed by atoms with Crippen molar-refractivity contribution in [3.05, 3.63) is 64.5 Å². The molecule has 2 atom stereocenters. The van der Waals surface area contributed by atoms with Crippen LogP contribution in [0.2, 0.25) is 0 Å². The van der Waals surface area contributed by atoms with Crippen LogP contribution in [-0.2, 0) is 22.3 Å². The first-order chi connectivity index (χ1) is 16.8. The molecule has 1 aromatic heterocycles. The highest BCUT2D eigenvalue weighted by Crippen LogP contribution is 2.35. The number of amides is 4. The highest BCUT2D eigenvalue weighted by atomic mass is 19.4. The average Bonchev–Trinajstić information content (AvgIpc) is 3.11. The van der Waals surface area contributed by atoms with Gasteiger partial charge >= 0.3 is 12.4 Å². The highest BCUT2D eigenvalue weighted by molar-refractivity contribution is 6.06. The van der Waals surface area contributed by atoms with Gasteiger partial charge in [-0.25, -0.2) is 4.98 Å². The van der Waals surface area contributed by atoms with Crippen LogP contribution >= 0.6 is 0 Å². The second-order valence-corrected chi connectivity index (χ2v) is 8.17. The number of nitrogens with one attached hydrogen (secondary N) is 2.